The lowest BCUT2D eigenvalue weighted by Crippen LogP contribution is -1.95. The summed E-state index contributed by atoms with van der Waals surface area (Å²) in [6.45, 7) is 3.97. The third kappa shape index (κ3) is 1.82. The van der Waals surface area contributed by atoms with Gasteiger partial charge < -0.3 is 4.74 Å². The second-order valence-electron chi connectivity index (χ2n) is 4.66. The number of hydrogen-bond donors (Lipinski definition) is 0. The summed E-state index contributed by atoms with van der Waals surface area (Å²) >= 11 is 1.53. The van der Waals surface area contributed by atoms with Crippen LogP contribution < -0.4 is 4.74 Å². The minimum Gasteiger partial charge on any atom is -0.496 e. The summed E-state index contributed by atoms with van der Waals surface area (Å²) < 4.78 is 7.28. The molecule has 0 N–H and O–H groups in total. The standard InChI is InChI=1S/C15H14N2O2S/c1-9-4-5-13(19-3)11(6-9)14-12(7-18)17-10(2)8-20-15(17)16-14/h4-8H,1-3H3. The first-order valence-corrected chi connectivity index (χ1v) is 7.10. The van der Waals surface area contributed by atoms with Crippen molar-refractivity contribution in [2.24, 2.45) is 0 Å². The summed E-state index contributed by atoms with van der Waals surface area (Å²) in [7, 11) is 1.62. The highest BCUT2D eigenvalue weighted by molar-refractivity contribution is 7.15. The lowest BCUT2D eigenvalue weighted by Gasteiger charge is -2.08. The molecule has 1 aromatic carbocycles. The number of hydrogen-bond acceptors (Lipinski definition) is 4. The molecule has 0 aliphatic carbocycles. The fourth-order valence-electron chi connectivity index (χ4n) is 2.34. The fraction of sp³-hybridized carbons (Fsp3) is 0.200. The molecule has 0 bridgehead atoms. The van der Waals surface area contributed by atoms with E-state index in [-0.39, 0.29) is 0 Å². The molecule has 0 saturated carbocycles. The number of ether oxygens (including phenoxy) is 1. The van der Waals surface area contributed by atoms with E-state index in [9.17, 15) is 4.79 Å². The van der Waals surface area contributed by atoms with E-state index in [2.05, 4.69) is 4.98 Å². The number of aromatic nitrogens is 2. The molecule has 0 aliphatic rings. The zero-order valence-electron chi connectivity index (χ0n) is 11.5. The van der Waals surface area contributed by atoms with Crippen LogP contribution in [0.3, 0.4) is 0 Å². The van der Waals surface area contributed by atoms with Crippen LogP contribution >= 0.6 is 11.3 Å². The summed E-state index contributed by atoms with van der Waals surface area (Å²) in [4.78, 5) is 16.9. The van der Waals surface area contributed by atoms with E-state index in [0.29, 0.717) is 11.4 Å². The molecule has 0 aliphatic heterocycles. The van der Waals surface area contributed by atoms with Gasteiger partial charge in [-0.15, -0.1) is 11.3 Å². The van der Waals surface area contributed by atoms with Crippen LogP contribution in [0.1, 0.15) is 21.7 Å². The Hall–Kier alpha value is -2.14. The van der Waals surface area contributed by atoms with Crippen molar-refractivity contribution in [2.45, 2.75) is 13.8 Å². The third-order valence-corrected chi connectivity index (χ3v) is 4.24. The van der Waals surface area contributed by atoms with Crippen LogP contribution in [0.15, 0.2) is 23.6 Å². The molecule has 0 spiro atoms. The number of aryl methyl sites for hydroxylation is 2. The minimum absolute atomic E-state index is 0.572. The molecular formula is C15H14N2O2S. The number of aldehydes is 1. The Morgan fingerprint density at radius 1 is 1.35 bits per heavy atom. The molecule has 2 aromatic heterocycles. The van der Waals surface area contributed by atoms with Gasteiger partial charge in [-0.25, -0.2) is 4.98 Å². The highest BCUT2D eigenvalue weighted by Crippen LogP contribution is 2.34. The zero-order valence-corrected chi connectivity index (χ0v) is 12.3. The van der Waals surface area contributed by atoms with Crippen LogP contribution in [-0.2, 0) is 0 Å². The molecule has 0 unspecified atom stereocenters. The van der Waals surface area contributed by atoms with Crippen LogP contribution in [-0.4, -0.2) is 22.8 Å². The molecule has 0 radical (unpaired) electrons. The third-order valence-electron chi connectivity index (χ3n) is 3.29. The maximum absolute atomic E-state index is 11.5. The lowest BCUT2D eigenvalue weighted by molar-refractivity contribution is 0.111. The number of benzene rings is 1. The van der Waals surface area contributed by atoms with Gasteiger partial charge in [0, 0.05) is 16.6 Å². The first-order chi connectivity index (χ1) is 9.65. The first-order valence-electron chi connectivity index (χ1n) is 6.22. The molecule has 0 amide bonds. The Balaban J connectivity index is 2.34. The summed E-state index contributed by atoms with van der Waals surface area (Å²) in [5.41, 5.74) is 4.21. The van der Waals surface area contributed by atoms with E-state index in [1.54, 1.807) is 7.11 Å². The molecular weight excluding hydrogens is 272 g/mol. The summed E-state index contributed by atoms with van der Waals surface area (Å²) in [6.07, 6.45) is 0.858. The van der Waals surface area contributed by atoms with Gasteiger partial charge in [-0.2, -0.15) is 0 Å². The van der Waals surface area contributed by atoms with Crippen molar-refractivity contribution in [2.75, 3.05) is 7.11 Å². The van der Waals surface area contributed by atoms with Crippen LogP contribution in [0.25, 0.3) is 16.2 Å². The zero-order chi connectivity index (χ0) is 14.3. The summed E-state index contributed by atoms with van der Waals surface area (Å²) in [5, 5.41) is 1.99. The SMILES string of the molecule is COc1ccc(C)cc1-c1nc2scc(C)n2c1C=O. The average molecular weight is 286 g/mol. The van der Waals surface area contributed by atoms with Gasteiger partial charge in [0.25, 0.3) is 0 Å². The van der Waals surface area contributed by atoms with Crippen LogP contribution in [0.4, 0.5) is 0 Å². The first kappa shape index (κ1) is 12.9. The van der Waals surface area contributed by atoms with Gasteiger partial charge in [0.05, 0.1) is 7.11 Å². The number of methoxy groups -OCH3 is 1. The average Bonchev–Trinajstić information content (AvgIpc) is 2.98. The van der Waals surface area contributed by atoms with Crippen molar-refractivity contribution < 1.29 is 9.53 Å². The minimum atomic E-state index is 0.572. The molecule has 5 heteroatoms. The van der Waals surface area contributed by atoms with Crippen molar-refractivity contribution in [1.29, 1.82) is 0 Å². The van der Waals surface area contributed by atoms with Gasteiger partial charge in [0.2, 0.25) is 0 Å². The summed E-state index contributed by atoms with van der Waals surface area (Å²) in [6, 6.07) is 5.87. The van der Waals surface area contributed by atoms with Crippen molar-refractivity contribution in [3.63, 3.8) is 0 Å². The molecule has 20 heavy (non-hydrogen) atoms. The Morgan fingerprint density at radius 2 is 2.15 bits per heavy atom. The van der Waals surface area contributed by atoms with Crippen LogP contribution in [0, 0.1) is 13.8 Å². The summed E-state index contributed by atoms with van der Waals surface area (Å²) in [5.74, 6) is 0.724. The van der Waals surface area contributed by atoms with Gasteiger partial charge in [-0.3, -0.25) is 9.20 Å². The Bertz CT molecular complexity index is 802. The van der Waals surface area contributed by atoms with E-state index in [4.69, 9.17) is 4.74 Å². The number of imidazole rings is 1. The molecule has 0 fully saturated rings. The van der Waals surface area contributed by atoms with Gasteiger partial charge in [0.15, 0.2) is 11.2 Å². The molecule has 0 atom stereocenters. The fourth-order valence-corrected chi connectivity index (χ4v) is 3.21. The molecule has 2 heterocycles. The normalized spacial score (nSPS) is 10.9. The molecule has 4 nitrogen and oxygen atoms in total. The topological polar surface area (TPSA) is 43.6 Å². The number of rotatable bonds is 3. The number of thiazole rings is 1. The molecule has 0 saturated heterocycles. The maximum Gasteiger partial charge on any atom is 0.195 e. The number of carbonyl (C=O) groups is 1. The second-order valence-corrected chi connectivity index (χ2v) is 5.50. The van der Waals surface area contributed by atoms with Crippen LogP contribution in [0.2, 0.25) is 0 Å². The lowest BCUT2D eigenvalue weighted by atomic mass is 10.1. The smallest absolute Gasteiger partial charge is 0.195 e. The van der Waals surface area contributed by atoms with E-state index in [0.717, 1.165) is 33.8 Å². The Labute approximate surface area is 120 Å². The second kappa shape index (κ2) is 4.76. The molecule has 3 rings (SSSR count). The van der Waals surface area contributed by atoms with Crippen LogP contribution in [0.5, 0.6) is 5.75 Å². The van der Waals surface area contributed by atoms with E-state index in [1.165, 1.54) is 11.3 Å². The predicted octanol–water partition coefficient (Wildman–Crippen LogP) is 3.50. The highest BCUT2D eigenvalue weighted by Gasteiger charge is 2.19. The van der Waals surface area contributed by atoms with Crippen molar-refractivity contribution in [3.8, 4) is 17.0 Å². The molecule has 102 valence electrons. The maximum atomic E-state index is 11.5. The molecule has 3 aromatic rings. The Morgan fingerprint density at radius 3 is 2.85 bits per heavy atom. The largest absolute Gasteiger partial charge is 0.496 e. The predicted molar refractivity (Wildman–Crippen MR) is 79.9 cm³/mol. The van der Waals surface area contributed by atoms with Gasteiger partial charge in [0.1, 0.15) is 17.1 Å². The number of fused-ring (bicyclic) bond motifs is 1. The van der Waals surface area contributed by atoms with E-state index < -0.39 is 0 Å². The highest BCUT2D eigenvalue weighted by atomic mass is 32.1. The van der Waals surface area contributed by atoms with Gasteiger partial charge in [-0.05, 0) is 26.0 Å². The van der Waals surface area contributed by atoms with Crippen molar-refractivity contribution >= 4 is 22.6 Å². The van der Waals surface area contributed by atoms with E-state index >= 15 is 0 Å². The monoisotopic (exact) mass is 286 g/mol. The van der Waals surface area contributed by atoms with Crippen molar-refractivity contribution in [3.05, 3.63) is 40.5 Å². The quantitative estimate of drug-likeness (QED) is 0.692. The van der Waals surface area contributed by atoms with E-state index in [1.807, 2.05) is 41.8 Å². The van der Waals surface area contributed by atoms with Gasteiger partial charge in [-0.1, -0.05) is 11.6 Å². The van der Waals surface area contributed by atoms with Gasteiger partial charge >= 0.3 is 0 Å². The number of nitrogens with zero attached hydrogens (tertiary/aromatic N) is 2. The van der Waals surface area contributed by atoms with Crippen molar-refractivity contribution in [1.82, 2.24) is 9.38 Å². The Kier molecular flexibility index (Phi) is 3.06. The number of carbonyl (C=O) groups excluding carboxylic acids is 1.